The lowest BCUT2D eigenvalue weighted by Crippen LogP contribution is -2.54. The zero-order valence-corrected chi connectivity index (χ0v) is 17.0. The molecule has 1 aliphatic rings. The first-order chi connectivity index (χ1) is 11.3. The van der Waals surface area contributed by atoms with Gasteiger partial charge in [0, 0.05) is 42.3 Å². The van der Waals surface area contributed by atoms with E-state index in [1.807, 2.05) is 17.0 Å². The summed E-state index contributed by atoms with van der Waals surface area (Å²) in [6.07, 6.45) is 1.11. The minimum absolute atomic E-state index is 0. The fourth-order valence-electron chi connectivity index (χ4n) is 2.74. The third-order valence-corrected chi connectivity index (χ3v) is 4.92. The number of likely N-dealkylation sites (tertiary alicyclic amines) is 1. The van der Waals surface area contributed by atoms with E-state index in [0.29, 0.717) is 31.7 Å². The SMILES string of the molecule is CC1(C)CN(C(=O)CCNC(=O)Nc2ccc(Br)cc2)CCC1N.Cl. The Labute approximate surface area is 163 Å². The number of amides is 3. The topological polar surface area (TPSA) is 87.5 Å². The number of carbonyl (C=O) groups excluding carboxylic acids is 2. The Hall–Kier alpha value is -1.31. The normalized spacial score (nSPS) is 18.9. The molecular weight excluding hydrogens is 408 g/mol. The Morgan fingerprint density at radius 3 is 2.56 bits per heavy atom. The molecule has 1 saturated heterocycles. The Bertz CT molecular complexity index is 595. The van der Waals surface area contributed by atoms with Crippen LogP contribution in [0.1, 0.15) is 26.7 Å². The molecule has 140 valence electrons. The van der Waals surface area contributed by atoms with Gasteiger partial charge < -0.3 is 21.3 Å². The third kappa shape index (κ3) is 6.49. The average molecular weight is 434 g/mol. The molecule has 0 bridgehead atoms. The maximum Gasteiger partial charge on any atom is 0.319 e. The summed E-state index contributed by atoms with van der Waals surface area (Å²) in [7, 11) is 0. The van der Waals surface area contributed by atoms with Gasteiger partial charge in [-0.15, -0.1) is 12.4 Å². The van der Waals surface area contributed by atoms with Crippen molar-refractivity contribution in [1.29, 1.82) is 0 Å². The summed E-state index contributed by atoms with van der Waals surface area (Å²) in [6, 6.07) is 7.11. The lowest BCUT2D eigenvalue weighted by Gasteiger charge is -2.42. The largest absolute Gasteiger partial charge is 0.342 e. The summed E-state index contributed by atoms with van der Waals surface area (Å²) in [6.45, 7) is 5.83. The molecular formula is C17H26BrClN4O2. The molecule has 4 N–H and O–H groups in total. The van der Waals surface area contributed by atoms with E-state index in [-0.39, 0.29) is 35.8 Å². The predicted octanol–water partition coefficient (Wildman–Crippen LogP) is 2.97. The van der Waals surface area contributed by atoms with Crippen LogP contribution in [0.25, 0.3) is 0 Å². The highest BCUT2D eigenvalue weighted by atomic mass is 79.9. The number of nitrogens with one attached hydrogen (secondary N) is 2. The number of carbonyl (C=O) groups is 2. The Morgan fingerprint density at radius 2 is 1.96 bits per heavy atom. The van der Waals surface area contributed by atoms with E-state index in [2.05, 4.69) is 40.4 Å². The first-order valence-corrected chi connectivity index (χ1v) is 8.91. The molecule has 1 aromatic rings. The number of hydrogen-bond acceptors (Lipinski definition) is 3. The summed E-state index contributed by atoms with van der Waals surface area (Å²) in [5.74, 6) is 0.0546. The van der Waals surface area contributed by atoms with Crippen LogP contribution in [-0.2, 0) is 4.79 Å². The van der Waals surface area contributed by atoms with Crippen molar-refractivity contribution in [3.63, 3.8) is 0 Å². The van der Waals surface area contributed by atoms with Crippen molar-refractivity contribution in [3.8, 4) is 0 Å². The second kappa shape index (κ2) is 9.40. The zero-order valence-electron chi connectivity index (χ0n) is 14.5. The number of piperidine rings is 1. The molecule has 0 aromatic heterocycles. The lowest BCUT2D eigenvalue weighted by molar-refractivity contribution is -0.134. The van der Waals surface area contributed by atoms with Crippen LogP contribution >= 0.6 is 28.3 Å². The molecule has 0 radical (unpaired) electrons. The van der Waals surface area contributed by atoms with Gasteiger partial charge in [0.1, 0.15) is 0 Å². The van der Waals surface area contributed by atoms with Crippen LogP contribution in [0.3, 0.4) is 0 Å². The molecule has 25 heavy (non-hydrogen) atoms. The average Bonchev–Trinajstić information content (AvgIpc) is 2.52. The van der Waals surface area contributed by atoms with Crippen LogP contribution in [0.4, 0.5) is 10.5 Å². The molecule has 0 spiro atoms. The van der Waals surface area contributed by atoms with Crippen molar-refractivity contribution in [1.82, 2.24) is 10.2 Å². The maximum absolute atomic E-state index is 12.3. The zero-order chi connectivity index (χ0) is 17.7. The highest BCUT2D eigenvalue weighted by Crippen LogP contribution is 2.27. The number of halogens is 2. The first-order valence-electron chi connectivity index (χ1n) is 8.12. The second-order valence-corrected chi connectivity index (χ2v) is 7.75. The monoisotopic (exact) mass is 432 g/mol. The number of nitrogens with zero attached hydrogens (tertiary/aromatic N) is 1. The van der Waals surface area contributed by atoms with Gasteiger partial charge in [-0.25, -0.2) is 4.79 Å². The molecule has 1 heterocycles. The van der Waals surface area contributed by atoms with E-state index >= 15 is 0 Å². The van der Waals surface area contributed by atoms with E-state index < -0.39 is 0 Å². The van der Waals surface area contributed by atoms with Gasteiger partial charge in [-0.2, -0.15) is 0 Å². The van der Waals surface area contributed by atoms with E-state index in [0.717, 1.165) is 10.9 Å². The van der Waals surface area contributed by atoms with E-state index in [1.54, 1.807) is 12.1 Å². The van der Waals surface area contributed by atoms with E-state index in [4.69, 9.17) is 5.73 Å². The standard InChI is InChI=1S/C17H25BrN4O2.ClH/c1-17(2)11-22(10-8-14(17)19)15(23)7-9-20-16(24)21-13-5-3-12(18)4-6-13;/h3-6,14H,7-11,19H2,1-2H3,(H2,20,21,24);1H. The van der Waals surface area contributed by atoms with Gasteiger partial charge in [0.25, 0.3) is 0 Å². The Kier molecular flexibility index (Phi) is 8.18. The van der Waals surface area contributed by atoms with Gasteiger partial charge in [0.05, 0.1) is 0 Å². The Balaban J connectivity index is 0.00000312. The molecule has 1 fully saturated rings. The van der Waals surface area contributed by atoms with E-state index in [1.165, 1.54) is 0 Å². The van der Waals surface area contributed by atoms with Crippen LogP contribution in [0.5, 0.6) is 0 Å². The lowest BCUT2D eigenvalue weighted by atomic mass is 9.79. The van der Waals surface area contributed by atoms with Gasteiger partial charge in [-0.05, 0) is 36.1 Å². The number of urea groups is 1. The molecule has 0 saturated carbocycles. The van der Waals surface area contributed by atoms with Crippen molar-refractivity contribution in [2.45, 2.75) is 32.7 Å². The number of anilines is 1. The molecule has 3 amide bonds. The van der Waals surface area contributed by atoms with Gasteiger partial charge in [-0.3, -0.25) is 4.79 Å². The van der Waals surface area contributed by atoms with Gasteiger partial charge in [0.15, 0.2) is 0 Å². The fraction of sp³-hybridized carbons (Fsp3) is 0.529. The second-order valence-electron chi connectivity index (χ2n) is 6.84. The number of hydrogen-bond donors (Lipinski definition) is 3. The van der Waals surface area contributed by atoms with Crippen LogP contribution in [0.15, 0.2) is 28.7 Å². The molecule has 2 rings (SSSR count). The number of nitrogens with two attached hydrogens (primary N) is 1. The molecule has 1 aromatic carbocycles. The van der Waals surface area contributed by atoms with Gasteiger partial charge >= 0.3 is 6.03 Å². The maximum atomic E-state index is 12.3. The van der Waals surface area contributed by atoms with Crippen LogP contribution in [-0.4, -0.2) is 42.5 Å². The van der Waals surface area contributed by atoms with Crippen molar-refractivity contribution in [2.75, 3.05) is 25.0 Å². The molecule has 0 aliphatic carbocycles. The van der Waals surface area contributed by atoms with Crippen LogP contribution in [0, 0.1) is 5.41 Å². The summed E-state index contributed by atoms with van der Waals surface area (Å²) in [5, 5.41) is 5.44. The van der Waals surface area contributed by atoms with Crippen molar-refractivity contribution >= 4 is 46.0 Å². The third-order valence-electron chi connectivity index (χ3n) is 4.39. The summed E-state index contributed by atoms with van der Waals surface area (Å²) in [5.41, 5.74) is 6.72. The van der Waals surface area contributed by atoms with Crippen LogP contribution in [0.2, 0.25) is 0 Å². The predicted molar refractivity (Wildman–Crippen MR) is 106 cm³/mol. The number of benzene rings is 1. The first kappa shape index (κ1) is 21.7. The molecule has 1 atom stereocenters. The van der Waals surface area contributed by atoms with Crippen molar-refractivity contribution in [3.05, 3.63) is 28.7 Å². The van der Waals surface area contributed by atoms with Gasteiger partial charge in [-0.1, -0.05) is 29.8 Å². The minimum atomic E-state index is -0.314. The smallest absolute Gasteiger partial charge is 0.319 e. The molecule has 8 heteroatoms. The minimum Gasteiger partial charge on any atom is -0.342 e. The van der Waals surface area contributed by atoms with Crippen LogP contribution < -0.4 is 16.4 Å². The quantitative estimate of drug-likeness (QED) is 0.682. The van der Waals surface area contributed by atoms with Crippen molar-refractivity contribution in [2.24, 2.45) is 11.1 Å². The molecule has 1 unspecified atom stereocenters. The number of rotatable bonds is 4. The summed E-state index contributed by atoms with van der Waals surface area (Å²) < 4.78 is 0.947. The summed E-state index contributed by atoms with van der Waals surface area (Å²) in [4.78, 5) is 25.9. The summed E-state index contributed by atoms with van der Waals surface area (Å²) >= 11 is 3.34. The molecule has 6 nitrogen and oxygen atoms in total. The van der Waals surface area contributed by atoms with Crippen molar-refractivity contribution < 1.29 is 9.59 Å². The highest BCUT2D eigenvalue weighted by Gasteiger charge is 2.34. The molecule has 1 aliphatic heterocycles. The Morgan fingerprint density at radius 1 is 1.32 bits per heavy atom. The fourth-order valence-corrected chi connectivity index (χ4v) is 3.00. The van der Waals surface area contributed by atoms with Gasteiger partial charge in [0.2, 0.25) is 5.91 Å². The highest BCUT2D eigenvalue weighted by molar-refractivity contribution is 9.10. The van der Waals surface area contributed by atoms with E-state index in [9.17, 15) is 9.59 Å².